The van der Waals surface area contributed by atoms with E-state index in [9.17, 15) is 4.79 Å². The fourth-order valence-corrected chi connectivity index (χ4v) is 7.21. The van der Waals surface area contributed by atoms with Gasteiger partial charge in [-0.2, -0.15) is 0 Å². The van der Waals surface area contributed by atoms with Gasteiger partial charge in [0.25, 0.3) is 0 Å². The molecule has 3 fully saturated rings. The van der Waals surface area contributed by atoms with Crippen molar-refractivity contribution in [3.8, 4) is 0 Å². The maximum atomic E-state index is 12.7. The highest BCUT2D eigenvalue weighted by molar-refractivity contribution is 5.76. The number of ether oxygens (including phenoxy) is 1. The van der Waals surface area contributed by atoms with Gasteiger partial charge < -0.3 is 10.1 Å². The second-order valence-corrected chi connectivity index (χ2v) is 12.0. The number of hydrogen-bond acceptors (Lipinski definition) is 2. The Balaban J connectivity index is 1.31. The van der Waals surface area contributed by atoms with Crippen molar-refractivity contribution in [2.75, 3.05) is 0 Å². The predicted molar refractivity (Wildman–Crippen MR) is 127 cm³/mol. The maximum absolute atomic E-state index is 12.7. The summed E-state index contributed by atoms with van der Waals surface area (Å²) in [7, 11) is 0. The summed E-state index contributed by atoms with van der Waals surface area (Å²) in [5, 5.41) is 3.23. The SMILES string of the molecule is CC(NC(=O)C[C@@H]1CC[C@@H]2[C@H](CC[C@]3(C)[C@@H](OC(C)(C)C)CC[C@@H]23)C1)c1ccccc1. The van der Waals surface area contributed by atoms with E-state index in [0.717, 1.165) is 17.8 Å². The van der Waals surface area contributed by atoms with Crippen LogP contribution < -0.4 is 5.32 Å². The molecular formula is C28H43NO2. The molecule has 0 heterocycles. The first-order valence-corrected chi connectivity index (χ1v) is 12.7. The Morgan fingerprint density at radius 2 is 1.87 bits per heavy atom. The average molecular weight is 426 g/mol. The maximum Gasteiger partial charge on any atom is 0.220 e. The first kappa shape index (κ1) is 22.8. The lowest BCUT2D eigenvalue weighted by Gasteiger charge is -2.52. The van der Waals surface area contributed by atoms with Gasteiger partial charge in [0.2, 0.25) is 5.91 Å². The Bertz CT molecular complexity index is 754. The Morgan fingerprint density at radius 1 is 1.13 bits per heavy atom. The van der Waals surface area contributed by atoms with Crippen molar-refractivity contribution in [1.29, 1.82) is 0 Å². The highest BCUT2D eigenvalue weighted by Gasteiger charge is 2.55. The van der Waals surface area contributed by atoms with E-state index in [0.29, 0.717) is 23.9 Å². The molecule has 1 aromatic carbocycles. The van der Waals surface area contributed by atoms with Gasteiger partial charge in [0.1, 0.15) is 0 Å². The fourth-order valence-electron chi connectivity index (χ4n) is 7.21. The van der Waals surface area contributed by atoms with Crippen molar-refractivity contribution in [2.24, 2.45) is 29.1 Å². The molecular weight excluding hydrogens is 382 g/mol. The largest absolute Gasteiger partial charge is 0.372 e. The van der Waals surface area contributed by atoms with E-state index in [1.807, 2.05) is 18.2 Å². The van der Waals surface area contributed by atoms with Crippen molar-refractivity contribution < 1.29 is 9.53 Å². The molecule has 0 spiro atoms. The molecule has 0 bridgehead atoms. The summed E-state index contributed by atoms with van der Waals surface area (Å²) in [4.78, 5) is 12.7. The first-order valence-electron chi connectivity index (χ1n) is 12.7. The van der Waals surface area contributed by atoms with Crippen molar-refractivity contribution in [3.05, 3.63) is 35.9 Å². The summed E-state index contributed by atoms with van der Waals surface area (Å²) < 4.78 is 6.55. The third-order valence-electron chi connectivity index (χ3n) is 8.69. The Hall–Kier alpha value is -1.35. The van der Waals surface area contributed by atoms with E-state index in [4.69, 9.17) is 4.74 Å². The van der Waals surface area contributed by atoms with Gasteiger partial charge in [-0.3, -0.25) is 4.79 Å². The van der Waals surface area contributed by atoms with Gasteiger partial charge in [-0.25, -0.2) is 0 Å². The second-order valence-electron chi connectivity index (χ2n) is 12.0. The molecule has 1 unspecified atom stereocenters. The Kier molecular flexibility index (Phi) is 6.54. The van der Waals surface area contributed by atoms with Crippen LogP contribution in [0.25, 0.3) is 0 Å². The van der Waals surface area contributed by atoms with Gasteiger partial charge in [-0.1, -0.05) is 37.3 Å². The van der Waals surface area contributed by atoms with Crippen molar-refractivity contribution in [2.45, 2.75) is 104 Å². The number of benzene rings is 1. The van der Waals surface area contributed by atoms with Gasteiger partial charge in [-0.15, -0.1) is 0 Å². The molecule has 4 rings (SSSR count). The third-order valence-corrected chi connectivity index (χ3v) is 8.69. The third kappa shape index (κ3) is 5.02. The van der Waals surface area contributed by atoms with Crippen LogP contribution in [0.5, 0.6) is 0 Å². The molecule has 3 saturated carbocycles. The van der Waals surface area contributed by atoms with Gasteiger partial charge >= 0.3 is 0 Å². The van der Waals surface area contributed by atoms with E-state index < -0.39 is 0 Å². The van der Waals surface area contributed by atoms with Crippen LogP contribution in [-0.2, 0) is 9.53 Å². The summed E-state index contributed by atoms with van der Waals surface area (Å²) in [6.45, 7) is 11.2. The molecule has 0 aromatic heterocycles. The normalized spacial score (nSPS) is 36.4. The number of carbonyl (C=O) groups excluding carboxylic acids is 1. The van der Waals surface area contributed by atoms with Crippen molar-refractivity contribution in [1.82, 2.24) is 5.32 Å². The Labute approximate surface area is 189 Å². The number of carbonyl (C=O) groups is 1. The minimum atomic E-state index is -0.0542. The lowest BCUT2D eigenvalue weighted by Crippen LogP contribution is -2.47. The fraction of sp³-hybridized carbons (Fsp3) is 0.750. The Morgan fingerprint density at radius 3 is 2.58 bits per heavy atom. The summed E-state index contributed by atoms with van der Waals surface area (Å²) in [6, 6.07) is 10.4. The van der Waals surface area contributed by atoms with E-state index in [1.165, 1.54) is 50.5 Å². The highest BCUT2D eigenvalue weighted by Crippen LogP contribution is 2.61. The van der Waals surface area contributed by atoms with Gasteiger partial charge in [0.15, 0.2) is 0 Å². The number of hydrogen-bond donors (Lipinski definition) is 1. The topological polar surface area (TPSA) is 38.3 Å². The van der Waals surface area contributed by atoms with Gasteiger partial charge in [0, 0.05) is 6.42 Å². The first-order chi connectivity index (χ1) is 14.7. The second kappa shape index (κ2) is 8.89. The van der Waals surface area contributed by atoms with Crippen LogP contribution in [0.4, 0.5) is 0 Å². The molecule has 31 heavy (non-hydrogen) atoms. The summed E-state index contributed by atoms with van der Waals surface area (Å²) in [5.74, 6) is 3.24. The lowest BCUT2D eigenvalue weighted by atomic mass is 9.55. The lowest BCUT2D eigenvalue weighted by molar-refractivity contribution is -0.134. The molecule has 1 aromatic rings. The van der Waals surface area contributed by atoms with Crippen LogP contribution in [0.3, 0.4) is 0 Å². The number of amides is 1. The minimum Gasteiger partial charge on any atom is -0.372 e. The number of nitrogens with one attached hydrogen (secondary N) is 1. The predicted octanol–water partition coefficient (Wildman–Crippen LogP) is 6.68. The van der Waals surface area contributed by atoms with Crippen molar-refractivity contribution in [3.63, 3.8) is 0 Å². The van der Waals surface area contributed by atoms with Crippen LogP contribution >= 0.6 is 0 Å². The molecule has 0 saturated heterocycles. The van der Waals surface area contributed by atoms with Crippen LogP contribution in [0, 0.1) is 29.1 Å². The monoisotopic (exact) mass is 425 g/mol. The molecule has 3 aliphatic carbocycles. The number of rotatable bonds is 5. The molecule has 172 valence electrons. The van der Waals surface area contributed by atoms with Gasteiger partial charge in [-0.05, 0) is 107 Å². The van der Waals surface area contributed by atoms with E-state index in [1.54, 1.807) is 0 Å². The van der Waals surface area contributed by atoms with E-state index in [-0.39, 0.29) is 17.6 Å². The molecule has 1 amide bonds. The molecule has 7 atom stereocenters. The molecule has 0 radical (unpaired) electrons. The summed E-state index contributed by atoms with van der Waals surface area (Å²) in [5.41, 5.74) is 1.48. The highest BCUT2D eigenvalue weighted by atomic mass is 16.5. The van der Waals surface area contributed by atoms with E-state index in [2.05, 4.69) is 52.1 Å². The molecule has 3 aliphatic rings. The van der Waals surface area contributed by atoms with E-state index >= 15 is 0 Å². The van der Waals surface area contributed by atoms with Gasteiger partial charge in [0.05, 0.1) is 17.7 Å². The average Bonchev–Trinajstić information content (AvgIpc) is 3.03. The van der Waals surface area contributed by atoms with Crippen LogP contribution in [0.2, 0.25) is 0 Å². The zero-order valence-electron chi connectivity index (χ0n) is 20.3. The summed E-state index contributed by atoms with van der Waals surface area (Å²) in [6.07, 6.45) is 10.0. The van der Waals surface area contributed by atoms with Crippen LogP contribution in [-0.4, -0.2) is 17.6 Å². The molecule has 3 nitrogen and oxygen atoms in total. The zero-order valence-corrected chi connectivity index (χ0v) is 20.3. The van der Waals surface area contributed by atoms with Crippen LogP contribution in [0.15, 0.2) is 30.3 Å². The molecule has 0 aliphatic heterocycles. The van der Waals surface area contributed by atoms with Crippen molar-refractivity contribution >= 4 is 5.91 Å². The van der Waals surface area contributed by atoms with Crippen LogP contribution in [0.1, 0.15) is 97.6 Å². The standard InChI is InChI=1S/C28H43NO2/c1-19(21-9-7-6-8-10-21)29-26(30)18-20-11-12-23-22(17-20)15-16-28(5)24(23)13-14-25(28)31-27(2,3)4/h6-10,19-20,22-25H,11-18H2,1-5H3,(H,29,30)/t19?,20-,22-,23-,24+,25+,28+/m1/s1. The number of fused-ring (bicyclic) bond motifs is 3. The quantitative estimate of drug-likeness (QED) is 0.571. The smallest absolute Gasteiger partial charge is 0.220 e. The molecule has 3 heteroatoms. The molecule has 1 N–H and O–H groups in total. The minimum absolute atomic E-state index is 0.0542. The zero-order chi connectivity index (χ0) is 22.2. The summed E-state index contributed by atoms with van der Waals surface area (Å²) >= 11 is 0.